The highest BCUT2D eigenvalue weighted by molar-refractivity contribution is 7.10. The molecule has 1 aromatic heterocycles. The number of carbonyl (C=O) groups excluding carboxylic acids is 1. The number of halogens is 3. The van der Waals surface area contributed by atoms with Crippen LogP contribution < -0.4 is 4.74 Å². The smallest absolute Gasteiger partial charge is 0.416 e. The van der Waals surface area contributed by atoms with Crippen molar-refractivity contribution in [1.82, 2.24) is 0 Å². The molecule has 106 valence electrons. The zero-order chi connectivity index (χ0) is 14.8. The van der Waals surface area contributed by atoms with Gasteiger partial charge in [-0.1, -0.05) is 6.07 Å². The Balaban J connectivity index is 2.35. The van der Waals surface area contributed by atoms with Gasteiger partial charge in [0.15, 0.2) is 5.78 Å². The van der Waals surface area contributed by atoms with Crippen LogP contribution in [0.2, 0.25) is 0 Å². The Morgan fingerprint density at radius 2 is 2.05 bits per heavy atom. The fourth-order valence-electron chi connectivity index (χ4n) is 1.77. The van der Waals surface area contributed by atoms with E-state index >= 15 is 0 Å². The van der Waals surface area contributed by atoms with Gasteiger partial charge in [-0.3, -0.25) is 4.79 Å². The SMILES string of the molecule is COc1ccc(C(F)(F)F)cc1C(=O)Cc1cccs1. The first-order chi connectivity index (χ1) is 9.41. The summed E-state index contributed by atoms with van der Waals surface area (Å²) in [6.45, 7) is 0. The van der Waals surface area contributed by atoms with Crippen molar-refractivity contribution >= 4 is 17.1 Å². The lowest BCUT2D eigenvalue weighted by Crippen LogP contribution is -2.10. The van der Waals surface area contributed by atoms with E-state index in [4.69, 9.17) is 4.74 Å². The van der Waals surface area contributed by atoms with Crippen molar-refractivity contribution in [1.29, 1.82) is 0 Å². The average molecular weight is 300 g/mol. The molecular weight excluding hydrogens is 289 g/mol. The lowest BCUT2D eigenvalue weighted by molar-refractivity contribution is -0.137. The zero-order valence-corrected chi connectivity index (χ0v) is 11.3. The van der Waals surface area contributed by atoms with Crippen LogP contribution in [0.3, 0.4) is 0 Å². The van der Waals surface area contributed by atoms with Crippen LogP contribution in [0.25, 0.3) is 0 Å². The van der Waals surface area contributed by atoms with Gasteiger partial charge in [0.2, 0.25) is 0 Å². The average Bonchev–Trinajstić information content (AvgIpc) is 2.89. The van der Waals surface area contributed by atoms with Gasteiger partial charge < -0.3 is 4.74 Å². The van der Waals surface area contributed by atoms with Gasteiger partial charge in [0.25, 0.3) is 0 Å². The van der Waals surface area contributed by atoms with Crippen molar-refractivity contribution < 1.29 is 22.7 Å². The van der Waals surface area contributed by atoms with Gasteiger partial charge in [-0.2, -0.15) is 13.2 Å². The summed E-state index contributed by atoms with van der Waals surface area (Å²) in [4.78, 5) is 12.9. The molecule has 0 fully saturated rings. The van der Waals surface area contributed by atoms with Crippen molar-refractivity contribution in [2.75, 3.05) is 7.11 Å². The lowest BCUT2D eigenvalue weighted by atomic mass is 10.0. The summed E-state index contributed by atoms with van der Waals surface area (Å²) in [7, 11) is 1.32. The molecule has 0 aliphatic heterocycles. The molecule has 1 aromatic carbocycles. The molecule has 0 aliphatic carbocycles. The highest BCUT2D eigenvalue weighted by atomic mass is 32.1. The molecule has 2 rings (SSSR count). The highest BCUT2D eigenvalue weighted by Crippen LogP contribution is 2.33. The van der Waals surface area contributed by atoms with Gasteiger partial charge in [-0.15, -0.1) is 11.3 Å². The first-order valence-corrected chi connectivity index (χ1v) is 6.60. The Labute approximate surface area is 117 Å². The summed E-state index contributed by atoms with van der Waals surface area (Å²) < 4.78 is 43.1. The summed E-state index contributed by atoms with van der Waals surface area (Å²) in [5.41, 5.74) is -0.899. The number of thiophene rings is 1. The molecule has 0 saturated carbocycles. The van der Waals surface area contributed by atoms with E-state index < -0.39 is 17.5 Å². The van der Waals surface area contributed by atoms with Gasteiger partial charge in [-0.05, 0) is 29.6 Å². The fraction of sp³-hybridized carbons (Fsp3) is 0.214. The molecule has 2 nitrogen and oxygen atoms in total. The van der Waals surface area contributed by atoms with E-state index in [2.05, 4.69) is 0 Å². The Morgan fingerprint density at radius 3 is 2.60 bits per heavy atom. The maximum Gasteiger partial charge on any atom is 0.416 e. The topological polar surface area (TPSA) is 26.3 Å². The second-order valence-corrected chi connectivity index (χ2v) is 5.12. The van der Waals surface area contributed by atoms with Gasteiger partial charge in [0, 0.05) is 11.3 Å². The van der Waals surface area contributed by atoms with Crippen LogP contribution in [0.1, 0.15) is 20.8 Å². The number of ether oxygens (including phenoxy) is 1. The van der Waals surface area contributed by atoms with Gasteiger partial charge in [-0.25, -0.2) is 0 Å². The molecule has 0 spiro atoms. The second kappa shape index (κ2) is 5.66. The molecule has 0 amide bonds. The number of hydrogen-bond acceptors (Lipinski definition) is 3. The minimum Gasteiger partial charge on any atom is -0.496 e. The summed E-state index contributed by atoms with van der Waals surface area (Å²) in [6, 6.07) is 6.47. The molecule has 0 saturated heterocycles. The number of methoxy groups -OCH3 is 1. The van der Waals surface area contributed by atoms with Crippen molar-refractivity contribution in [3.8, 4) is 5.75 Å². The normalized spacial score (nSPS) is 11.4. The van der Waals surface area contributed by atoms with E-state index in [-0.39, 0.29) is 17.7 Å². The molecule has 6 heteroatoms. The number of alkyl halides is 3. The standard InChI is InChI=1S/C14H11F3O2S/c1-19-13-5-4-9(14(15,16)17)7-11(13)12(18)8-10-3-2-6-20-10/h2-7H,8H2,1H3. The van der Waals surface area contributed by atoms with Crippen LogP contribution in [-0.4, -0.2) is 12.9 Å². The predicted octanol–water partition coefficient (Wildman–Crippen LogP) is 4.20. The summed E-state index contributed by atoms with van der Waals surface area (Å²) >= 11 is 1.39. The van der Waals surface area contributed by atoms with Crippen LogP contribution in [0.15, 0.2) is 35.7 Å². The van der Waals surface area contributed by atoms with Crippen molar-refractivity contribution in [3.63, 3.8) is 0 Å². The molecule has 20 heavy (non-hydrogen) atoms. The summed E-state index contributed by atoms with van der Waals surface area (Å²) in [6.07, 6.45) is -4.42. The molecule has 2 aromatic rings. The highest BCUT2D eigenvalue weighted by Gasteiger charge is 2.32. The van der Waals surface area contributed by atoms with Crippen LogP contribution in [0.5, 0.6) is 5.75 Å². The van der Waals surface area contributed by atoms with Crippen molar-refractivity contribution in [3.05, 3.63) is 51.7 Å². The summed E-state index contributed by atoms with van der Waals surface area (Å²) in [5, 5.41) is 1.81. The van der Waals surface area contributed by atoms with E-state index in [0.717, 1.165) is 17.0 Å². The Morgan fingerprint density at radius 1 is 1.30 bits per heavy atom. The third-order valence-corrected chi connectivity index (χ3v) is 3.62. The Hall–Kier alpha value is -1.82. The predicted molar refractivity (Wildman–Crippen MR) is 70.3 cm³/mol. The number of Topliss-reactive ketones (excluding diaryl/α,β-unsaturated/α-hetero) is 1. The van der Waals surface area contributed by atoms with E-state index in [0.29, 0.717) is 0 Å². The third-order valence-electron chi connectivity index (χ3n) is 2.74. The minimum atomic E-state index is -4.48. The molecule has 0 bridgehead atoms. The second-order valence-electron chi connectivity index (χ2n) is 4.09. The number of rotatable bonds is 4. The molecule has 0 unspecified atom stereocenters. The Kier molecular flexibility index (Phi) is 4.13. The maximum absolute atomic E-state index is 12.7. The van der Waals surface area contributed by atoms with Crippen LogP contribution in [0.4, 0.5) is 13.2 Å². The van der Waals surface area contributed by atoms with Crippen molar-refractivity contribution in [2.45, 2.75) is 12.6 Å². The summed E-state index contributed by atoms with van der Waals surface area (Å²) in [5.74, 6) is -0.241. The van der Waals surface area contributed by atoms with E-state index in [1.807, 2.05) is 5.38 Å². The van der Waals surface area contributed by atoms with Crippen LogP contribution in [0, 0.1) is 0 Å². The number of carbonyl (C=O) groups is 1. The zero-order valence-electron chi connectivity index (χ0n) is 10.5. The quantitative estimate of drug-likeness (QED) is 0.791. The lowest BCUT2D eigenvalue weighted by Gasteiger charge is -2.11. The van der Waals surface area contributed by atoms with E-state index in [1.165, 1.54) is 24.5 Å². The molecule has 0 atom stereocenters. The minimum absolute atomic E-state index is 0.0456. The van der Waals surface area contributed by atoms with Gasteiger partial charge in [0.1, 0.15) is 5.75 Å². The molecule has 0 radical (unpaired) electrons. The monoisotopic (exact) mass is 300 g/mol. The van der Waals surface area contributed by atoms with E-state index in [1.54, 1.807) is 12.1 Å². The molecular formula is C14H11F3O2S. The Bertz CT molecular complexity index is 603. The molecule has 0 aliphatic rings. The van der Waals surface area contributed by atoms with Crippen molar-refractivity contribution in [2.24, 2.45) is 0 Å². The third kappa shape index (κ3) is 3.19. The number of benzene rings is 1. The number of ketones is 1. The van der Waals surface area contributed by atoms with E-state index in [9.17, 15) is 18.0 Å². The fourth-order valence-corrected chi connectivity index (χ4v) is 2.47. The van der Waals surface area contributed by atoms with Gasteiger partial charge in [0.05, 0.1) is 18.2 Å². The number of hydrogen-bond donors (Lipinski definition) is 0. The first kappa shape index (κ1) is 14.6. The van der Waals surface area contributed by atoms with Gasteiger partial charge >= 0.3 is 6.18 Å². The molecule has 0 N–H and O–H groups in total. The maximum atomic E-state index is 12.7. The first-order valence-electron chi connectivity index (χ1n) is 5.72. The van der Waals surface area contributed by atoms with Crippen LogP contribution in [-0.2, 0) is 12.6 Å². The van der Waals surface area contributed by atoms with Crippen LogP contribution >= 0.6 is 11.3 Å². The largest absolute Gasteiger partial charge is 0.496 e. The molecule has 1 heterocycles.